The molecule has 0 unspecified atom stereocenters. The van der Waals surface area contributed by atoms with Gasteiger partial charge in [0.2, 0.25) is 5.91 Å². The van der Waals surface area contributed by atoms with Crippen LogP contribution in [0.2, 0.25) is 0 Å². The van der Waals surface area contributed by atoms with Crippen LogP contribution in [-0.2, 0) is 17.9 Å². The molecule has 3 heterocycles. The molecule has 0 spiro atoms. The van der Waals surface area contributed by atoms with Gasteiger partial charge in [0, 0.05) is 55.3 Å². The van der Waals surface area contributed by atoms with Crippen LogP contribution in [0.1, 0.15) is 33.5 Å². The lowest BCUT2D eigenvalue weighted by Gasteiger charge is -2.24. The monoisotopic (exact) mass is 395 g/mol. The van der Waals surface area contributed by atoms with Crippen LogP contribution in [0.5, 0.6) is 0 Å². The lowest BCUT2D eigenvalue weighted by Crippen LogP contribution is -2.28. The number of hydrogen-bond donors (Lipinski definition) is 1. The highest BCUT2D eigenvalue weighted by molar-refractivity contribution is 7.11. The third-order valence-electron chi connectivity index (χ3n) is 5.25. The van der Waals surface area contributed by atoms with E-state index in [0.717, 1.165) is 30.2 Å². The van der Waals surface area contributed by atoms with Gasteiger partial charge in [-0.3, -0.25) is 9.48 Å². The van der Waals surface area contributed by atoms with Crippen molar-refractivity contribution in [2.75, 3.05) is 13.6 Å². The van der Waals surface area contributed by atoms with Crippen molar-refractivity contribution in [2.45, 2.75) is 32.5 Å². The molecular formula is C21H25N5OS. The smallest absolute Gasteiger partial charge is 0.223 e. The summed E-state index contributed by atoms with van der Waals surface area (Å²) < 4.78 is 1.95. The number of carbonyl (C=O) groups excluding carboxylic acids is 1. The highest BCUT2D eigenvalue weighted by atomic mass is 32.1. The van der Waals surface area contributed by atoms with E-state index in [1.54, 1.807) is 11.3 Å². The zero-order chi connectivity index (χ0) is 19.5. The number of likely N-dealkylation sites (tertiary alicyclic amines) is 1. The molecule has 2 aromatic heterocycles. The fraction of sp³-hybridized carbons (Fsp3) is 0.381. The van der Waals surface area contributed by atoms with E-state index in [1.165, 1.54) is 10.4 Å². The molecule has 0 bridgehead atoms. The van der Waals surface area contributed by atoms with E-state index >= 15 is 0 Å². The van der Waals surface area contributed by atoms with Crippen LogP contribution in [0.15, 0.2) is 48.9 Å². The summed E-state index contributed by atoms with van der Waals surface area (Å²) in [6.45, 7) is 4.34. The van der Waals surface area contributed by atoms with Gasteiger partial charge in [0.25, 0.3) is 0 Å². The van der Waals surface area contributed by atoms with Crippen molar-refractivity contribution in [3.63, 3.8) is 0 Å². The van der Waals surface area contributed by atoms with Gasteiger partial charge in [-0.25, -0.2) is 4.98 Å². The molecule has 1 fully saturated rings. The standard InChI is InChI=1S/C21H25N5OS/c1-15-23-12-19(28-15)11-22-9-17-8-20(27)25(2)21(17)18-10-24-26(14-18)13-16-6-4-3-5-7-16/h3-7,10,12,14,17,21-22H,8-9,11,13H2,1-2H3/t17-,21+/m0/s1. The van der Waals surface area contributed by atoms with Crippen molar-refractivity contribution in [1.29, 1.82) is 0 Å². The molecule has 0 aliphatic carbocycles. The molecule has 0 radical (unpaired) electrons. The van der Waals surface area contributed by atoms with E-state index < -0.39 is 0 Å². The summed E-state index contributed by atoms with van der Waals surface area (Å²) in [5.74, 6) is 0.433. The number of carbonyl (C=O) groups is 1. The number of benzene rings is 1. The molecule has 1 aliphatic heterocycles. The predicted molar refractivity (Wildman–Crippen MR) is 110 cm³/mol. The largest absolute Gasteiger partial charge is 0.338 e. The van der Waals surface area contributed by atoms with Crippen molar-refractivity contribution >= 4 is 17.2 Å². The minimum absolute atomic E-state index is 0.0627. The van der Waals surface area contributed by atoms with Crippen LogP contribution in [0.4, 0.5) is 0 Å². The first kappa shape index (κ1) is 18.8. The van der Waals surface area contributed by atoms with Gasteiger partial charge in [0.15, 0.2) is 0 Å². The second-order valence-electron chi connectivity index (χ2n) is 7.35. The number of rotatable bonds is 7. The lowest BCUT2D eigenvalue weighted by molar-refractivity contribution is -0.127. The number of thiazole rings is 1. The average Bonchev–Trinajstić information content (AvgIpc) is 3.37. The molecule has 2 atom stereocenters. The van der Waals surface area contributed by atoms with Crippen LogP contribution < -0.4 is 5.32 Å². The highest BCUT2D eigenvalue weighted by Crippen LogP contribution is 2.36. The first-order valence-corrected chi connectivity index (χ1v) is 10.4. The number of nitrogens with one attached hydrogen (secondary N) is 1. The second kappa shape index (κ2) is 8.24. The lowest BCUT2D eigenvalue weighted by atomic mass is 9.96. The summed E-state index contributed by atoms with van der Waals surface area (Å²) in [5.41, 5.74) is 2.32. The third-order valence-corrected chi connectivity index (χ3v) is 6.16. The Morgan fingerprint density at radius 1 is 1.25 bits per heavy atom. The zero-order valence-corrected chi connectivity index (χ0v) is 17.0. The average molecular weight is 396 g/mol. The fourth-order valence-corrected chi connectivity index (χ4v) is 4.65. The molecule has 28 heavy (non-hydrogen) atoms. The van der Waals surface area contributed by atoms with Crippen molar-refractivity contribution < 1.29 is 4.79 Å². The van der Waals surface area contributed by atoms with Crippen LogP contribution in [0, 0.1) is 12.8 Å². The van der Waals surface area contributed by atoms with Crippen molar-refractivity contribution in [1.82, 2.24) is 25.0 Å². The normalized spacial score (nSPS) is 19.5. The minimum atomic E-state index is 0.0627. The topological polar surface area (TPSA) is 63.1 Å². The summed E-state index contributed by atoms with van der Waals surface area (Å²) in [7, 11) is 1.90. The molecule has 1 aromatic carbocycles. The van der Waals surface area contributed by atoms with Gasteiger partial charge in [0.05, 0.1) is 23.8 Å². The van der Waals surface area contributed by atoms with Gasteiger partial charge < -0.3 is 10.2 Å². The van der Waals surface area contributed by atoms with E-state index in [1.807, 2.05) is 54.1 Å². The highest BCUT2D eigenvalue weighted by Gasteiger charge is 2.38. The number of nitrogens with zero attached hydrogens (tertiary/aromatic N) is 4. The van der Waals surface area contributed by atoms with E-state index in [9.17, 15) is 4.79 Å². The van der Waals surface area contributed by atoms with Gasteiger partial charge in [-0.15, -0.1) is 11.3 Å². The quantitative estimate of drug-likeness (QED) is 0.668. The van der Waals surface area contributed by atoms with Gasteiger partial charge in [0.1, 0.15) is 0 Å². The molecule has 6 nitrogen and oxygen atoms in total. The SMILES string of the molecule is Cc1ncc(CNC[C@@H]2CC(=O)N(C)[C@H]2c2cnn(Cc3ccccc3)c2)s1. The Labute approximate surface area is 169 Å². The number of amides is 1. The van der Waals surface area contributed by atoms with Crippen LogP contribution in [-0.4, -0.2) is 39.2 Å². The Morgan fingerprint density at radius 3 is 2.82 bits per heavy atom. The Hall–Kier alpha value is -2.51. The number of hydrogen-bond acceptors (Lipinski definition) is 5. The van der Waals surface area contributed by atoms with Crippen molar-refractivity contribution in [3.05, 3.63) is 69.9 Å². The Balaban J connectivity index is 1.42. The molecule has 3 aromatic rings. The van der Waals surface area contributed by atoms with E-state index in [2.05, 4.69) is 33.7 Å². The summed E-state index contributed by atoms with van der Waals surface area (Å²) >= 11 is 1.71. The summed E-state index contributed by atoms with van der Waals surface area (Å²) in [6, 6.07) is 10.3. The molecule has 0 saturated carbocycles. The van der Waals surface area contributed by atoms with E-state index in [-0.39, 0.29) is 17.9 Å². The first-order chi connectivity index (χ1) is 13.6. The summed E-state index contributed by atoms with van der Waals surface area (Å²) in [6.07, 6.45) is 6.47. The molecule has 1 aliphatic rings. The zero-order valence-electron chi connectivity index (χ0n) is 16.2. The van der Waals surface area contributed by atoms with Crippen LogP contribution in [0.25, 0.3) is 0 Å². The predicted octanol–water partition coefficient (Wildman–Crippen LogP) is 3.01. The van der Waals surface area contributed by atoms with Crippen molar-refractivity contribution in [2.24, 2.45) is 5.92 Å². The minimum Gasteiger partial charge on any atom is -0.338 e. The maximum atomic E-state index is 12.4. The number of aromatic nitrogens is 3. The first-order valence-electron chi connectivity index (χ1n) is 9.54. The Kier molecular flexibility index (Phi) is 5.54. The summed E-state index contributed by atoms with van der Waals surface area (Å²) in [4.78, 5) is 19.8. The maximum absolute atomic E-state index is 12.4. The molecule has 1 amide bonds. The Morgan fingerprint density at radius 2 is 2.07 bits per heavy atom. The van der Waals surface area contributed by atoms with Gasteiger partial charge >= 0.3 is 0 Å². The number of aryl methyl sites for hydroxylation is 1. The van der Waals surface area contributed by atoms with Gasteiger partial charge in [-0.2, -0.15) is 5.10 Å². The van der Waals surface area contributed by atoms with Gasteiger partial charge in [-0.1, -0.05) is 30.3 Å². The fourth-order valence-electron chi connectivity index (χ4n) is 3.89. The maximum Gasteiger partial charge on any atom is 0.223 e. The molecule has 4 rings (SSSR count). The van der Waals surface area contributed by atoms with Crippen LogP contribution in [0.3, 0.4) is 0 Å². The van der Waals surface area contributed by atoms with E-state index in [4.69, 9.17) is 0 Å². The summed E-state index contributed by atoms with van der Waals surface area (Å²) in [5, 5.41) is 9.12. The third kappa shape index (κ3) is 4.15. The Bertz CT molecular complexity index is 935. The van der Waals surface area contributed by atoms with Crippen LogP contribution >= 0.6 is 11.3 Å². The molecule has 146 valence electrons. The van der Waals surface area contributed by atoms with Gasteiger partial charge in [-0.05, 0) is 12.5 Å². The molecule has 1 saturated heterocycles. The van der Waals surface area contributed by atoms with Crippen molar-refractivity contribution in [3.8, 4) is 0 Å². The molecule has 1 N–H and O–H groups in total. The molecular weight excluding hydrogens is 370 g/mol. The van der Waals surface area contributed by atoms with E-state index in [0.29, 0.717) is 6.42 Å². The second-order valence-corrected chi connectivity index (χ2v) is 8.67. The molecule has 7 heteroatoms.